The minimum atomic E-state index is -4.84. The molecule has 1 amide bonds. The molecule has 2 aliphatic heterocycles. The summed E-state index contributed by atoms with van der Waals surface area (Å²) < 4.78 is 117. The molecule has 1 unspecified atom stereocenters. The van der Waals surface area contributed by atoms with Gasteiger partial charge in [-0.3, -0.25) is 9.62 Å². The maximum atomic E-state index is 13.6. The summed E-state index contributed by atoms with van der Waals surface area (Å²) in [6.07, 6.45) is -6.78. The number of halogens is 4. The van der Waals surface area contributed by atoms with Crippen LogP contribution >= 0.6 is 0 Å². The Kier molecular flexibility index (Phi) is 7.50. The van der Waals surface area contributed by atoms with Crippen LogP contribution in [0.2, 0.25) is 0 Å². The maximum Gasteiger partial charge on any atom is 0.427 e. The molecule has 2 aliphatic rings. The Morgan fingerprint density at radius 1 is 1.15 bits per heavy atom. The van der Waals surface area contributed by atoms with Gasteiger partial charge in [0, 0.05) is 12.2 Å². The van der Waals surface area contributed by atoms with E-state index in [0.29, 0.717) is 20.3 Å². The number of hydrogen-bond acceptors (Lipinski definition) is 7. The molecule has 0 aromatic heterocycles. The van der Waals surface area contributed by atoms with Gasteiger partial charge >= 0.3 is 12.3 Å². The van der Waals surface area contributed by atoms with E-state index in [4.69, 9.17) is 4.74 Å². The normalized spacial score (nSPS) is 19.7. The van der Waals surface area contributed by atoms with Crippen LogP contribution in [-0.4, -0.2) is 70.5 Å². The van der Waals surface area contributed by atoms with Gasteiger partial charge in [-0.2, -0.15) is 17.5 Å². The summed E-state index contributed by atoms with van der Waals surface area (Å²) in [5, 5.41) is 2.14. The largest absolute Gasteiger partial charge is 0.485 e. The molecule has 1 atom stereocenters. The number of nitrogens with zero attached hydrogens (tertiary/aromatic N) is 2. The van der Waals surface area contributed by atoms with E-state index in [1.54, 1.807) is 0 Å². The fourth-order valence-corrected chi connectivity index (χ4v) is 7.05. The first-order valence-electron chi connectivity index (χ1n) is 11.6. The predicted molar refractivity (Wildman–Crippen MR) is 132 cm³/mol. The Hall–Kier alpha value is -3.11. The van der Waals surface area contributed by atoms with Crippen molar-refractivity contribution in [3.8, 4) is 5.75 Å². The van der Waals surface area contributed by atoms with E-state index in [1.807, 2.05) is 0 Å². The van der Waals surface area contributed by atoms with Crippen LogP contribution in [0, 0.1) is 5.82 Å². The second-order valence-electron chi connectivity index (χ2n) is 9.46. The zero-order valence-corrected chi connectivity index (χ0v) is 22.4. The van der Waals surface area contributed by atoms with Gasteiger partial charge < -0.3 is 9.47 Å². The van der Waals surface area contributed by atoms with E-state index in [2.05, 4.69) is 10.1 Å². The third-order valence-corrected chi connectivity index (χ3v) is 9.90. The molecular weight excluding hydrogens is 570 g/mol. The van der Waals surface area contributed by atoms with Crippen LogP contribution in [0.15, 0.2) is 47.4 Å². The molecule has 2 aromatic rings. The van der Waals surface area contributed by atoms with E-state index >= 15 is 0 Å². The van der Waals surface area contributed by atoms with Gasteiger partial charge in [0.2, 0.25) is 15.6 Å². The Morgan fingerprint density at radius 3 is 2.41 bits per heavy atom. The smallest absolute Gasteiger partial charge is 0.427 e. The number of alkyl halides is 3. The molecule has 2 heterocycles. The summed E-state index contributed by atoms with van der Waals surface area (Å²) in [6, 6.07) is 7.74. The average Bonchev–Trinajstić information content (AvgIpc) is 3.15. The molecule has 0 aliphatic carbocycles. The van der Waals surface area contributed by atoms with Crippen molar-refractivity contribution in [2.75, 3.05) is 35.0 Å². The number of carbonyl (C=O) groups excluding carboxylic acids is 1. The number of sulfonamides is 2. The molecule has 0 bridgehead atoms. The van der Waals surface area contributed by atoms with E-state index in [9.17, 15) is 39.2 Å². The van der Waals surface area contributed by atoms with Gasteiger partial charge in [0.15, 0.2) is 0 Å². The summed E-state index contributed by atoms with van der Waals surface area (Å²) in [5.74, 6) is -0.687. The van der Waals surface area contributed by atoms with Crippen molar-refractivity contribution < 1.29 is 48.7 Å². The van der Waals surface area contributed by atoms with Crippen LogP contribution in [-0.2, 0) is 24.8 Å². The molecule has 0 radical (unpaired) electrons. The summed E-state index contributed by atoms with van der Waals surface area (Å²) in [7, 11) is -7.87. The molecule has 0 spiro atoms. The average molecular weight is 596 g/mol. The monoisotopic (exact) mass is 595 g/mol. The predicted octanol–water partition coefficient (Wildman–Crippen LogP) is 3.71. The fourth-order valence-electron chi connectivity index (χ4n) is 4.00. The fraction of sp³-hybridized carbons (Fsp3) is 0.435. The number of benzene rings is 2. The van der Waals surface area contributed by atoms with Crippen molar-refractivity contribution in [1.82, 2.24) is 4.31 Å². The van der Waals surface area contributed by atoms with E-state index < -0.39 is 49.8 Å². The van der Waals surface area contributed by atoms with Crippen LogP contribution in [0.4, 0.5) is 33.7 Å². The van der Waals surface area contributed by atoms with Crippen LogP contribution in [0.5, 0.6) is 5.75 Å². The zero-order valence-electron chi connectivity index (χ0n) is 20.7. The lowest BCUT2D eigenvalue weighted by Gasteiger charge is -2.37. The minimum Gasteiger partial charge on any atom is -0.485 e. The molecular formula is C23H25F4N3O7S2. The minimum absolute atomic E-state index is 0.0167. The summed E-state index contributed by atoms with van der Waals surface area (Å²) in [4.78, 5) is 11.9. The Balaban J connectivity index is 1.66. The molecule has 16 heteroatoms. The van der Waals surface area contributed by atoms with E-state index in [-0.39, 0.29) is 47.4 Å². The molecule has 10 nitrogen and oxygen atoms in total. The van der Waals surface area contributed by atoms with Gasteiger partial charge in [0.25, 0.3) is 10.0 Å². The third kappa shape index (κ3) is 6.06. The van der Waals surface area contributed by atoms with Crippen molar-refractivity contribution in [3.05, 3.63) is 48.3 Å². The molecule has 4 rings (SSSR count). The highest BCUT2D eigenvalue weighted by atomic mass is 32.2. The van der Waals surface area contributed by atoms with E-state index in [0.717, 1.165) is 28.6 Å². The highest BCUT2D eigenvalue weighted by Gasteiger charge is 2.51. The summed E-state index contributed by atoms with van der Waals surface area (Å²) in [5.41, 5.74) is -2.97. The van der Waals surface area contributed by atoms with Gasteiger partial charge in [-0.1, -0.05) is 0 Å². The molecule has 0 saturated carbocycles. The topological polar surface area (TPSA) is 122 Å². The summed E-state index contributed by atoms with van der Waals surface area (Å²) >= 11 is 0. The lowest BCUT2D eigenvalue weighted by Crippen LogP contribution is -2.48. The van der Waals surface area contributed by atoms with Gasteiger partial charge in [0.05, 0.1) is 29.4 Å². The van der Waals surface area contributed by atoms with Gasteiger partial charge in [-0.25, -0.2) is 26.0 Å². The zero-order chi connectivity index (χ0) is 28.8. The number of ether oxygens (including phenoxy) is 2. The molecule has 214 valence electrons. The first-order valence-corrected chi connectivity index (χ1v) is 14.7. The standard InChI is InChI=1S/C23H25F4N3O7S2/c1-22(2,23(25,26)27)37-21(31)28-16-6-9-20-19(12-16)30(39(34,35)18-7-4-15(24)5-8-18)14-17(36-20)13-29-10-3-11-38(29,32)33/h4-9,12,17H,3,10-11,13-14H2,1-2H3,(H,28,31). The van der Waals surface area contributed by atoms with Crippen molar-refractivity contribution in [2.24, 2.45) is 0 Å². The second kappa shape index (κ2) is 10.1. The molecule has 1 fully saturated rings. The number of rotatable bonds is 6. The van der Waals surface area contributed by atoms with Crippen molar-refractivity contribution >= 4 is 37.5 Å². The van der Waals surface area contributed by atoms with Gasteiger partial charge in [-0.15, -0.1) is 0 Å². The molecule has 2 aromatic carbocycles. The highest BCUT2D eigenvalue weighted by Crippen LogP contribution is 2.40. The number of nitrogens with one attached hydrogen (secondary N) is 1. The van der Waals surface area contributed by atoms with Crippen LogP contribution in [0.1, 0.15) is 20.3 Å². The SMILES string of the molecule is CC(C)(OC(=O)Nc1ccc2c(c1)N(S(=O)(=O)c1ccc(F)cc1)CC(CN1CCCS1(=O)=O)O2)C(F)(F)F. The second-order valence-corrected chi connectivity index (χ2v) is 13.4. The Morgan fingerprint density at radius 2 is 1.82 bits per heavy atom. The Labute approximate surface area is 222 Å². The van der Waals surface area contributed by atoms with Gasteiger partial charge in [-0.05, 0) is 62.7 Å². The van der Waals surface area contributed by atoms with Crippen LogP contribution in [0.3, 0.4) is 0 Å². The number of amides is 1. The van der Waals surface area contributed by atoms with Gasteiger partial charge in [0.1, 0.15) is 17.7 Å². The third-order valence-electron chi connectivity index (χ3n) is 6.18. The quantitative estimate of drug-likeness (QED) is 0.506. The number of anilines is 2. The Bertz CT molecular complexity index is 1460. The molecule has 1 saturated heterocycles. The van der Waals surface area contributed by atoms with E-state index in [1.165, 1.54) is 22.5 Å². The number of carbonyl (C=O) groups is 1. The van der Waals surface area contributed by atoms with Crippen molar-refractivity contribution in [3.63, 3.8) is 0 Å². The maximum absolute atomic E-state index is 13.6. The van der Waals surface area contributed by atoms with Crippen LogP contribution < -0.4 is 14.4 Å². The first-order chi connectivity index (χ1) is 18.0. The van der Waals surface area contributed by atoms with Crippen molar-refractivity contribution in [1.29, 1.82) is 0 Å². The first kappa shape index (κ1) is 28.9. The lowest BCUT2D eigenvalue weighted by atomic mass is 10.1. The summed E-state index contributed by atoms with van der Waals surface area (Å²) in [6.45, 7) is 1.12. The number of fused-ring (bicyclic) bond motifs is 1. The number of hydrogen-bond donors (Lipinski definition) is 1. The molecule has 39 heavy (non-hydrogen) atoms. The van der Waals surface area contributed by atoms with Crippen molar-refractivity contribution in [2.45, 2.75) is 43.0 Å². The lowest BCUT2D eigenvalue weighted by molar-refractivity contribution is -0.242. The van der Waals surface area contributed by atoms with Crippen LogP contribution in [0.25, 0.3) is 0 Å². The molecule has 1 N–H and O–H groups in total. The highest BCUT2D eigenvalue weighted by molar-refractivity contribution is 7.92.